The molecule has 2 bridgehead atoms. The van der Waals surface area contributed by atoms with Crippen molar-refractivity contribution >= 4 is 5.91 Å². The van der Waals surface area contributed by atoms with Gasteiger partial charge in [-0.05, 0) is 51.3 Å². The van der Waals surface area contributed by atoms with Crippen LogP contribution in [0.1, 0.15) is 38.2 Å². The van der Waals surface area contributed by atoms with Crippen LogP contribution in [0.4, 0.5) is 0 Å². The first-order valence-corrected chi connectivity index (χ1v) is 9.33. The van der Waals surface area contributed by atoms with E-state index in [4.69, 9.17) is 4.74 Å². The van der Waals surface area contributed by atoms with E-state index in [0.717, 1.165) is 44.3 Å². The molecule has 0 N–H and O–H groups in total. The van der Waals surface area contributed by atoms with E-state index in [-0.39, 0.29) is 5.41 Å². The molecule has 4 nitrogen and oxygen atoms in total. The van der Waals surface area contributed by atoms with Crippen molar-refractivity contribution in [2.75, 3.05) is 39.3 Å². The third-order valence-corrected chi connectivity index (χ3v) is 6.19. The molecule has 0 spiro atoms. The fraction of sp³-hybridized carbons (Fsp3) is 0.650. The van der Waals surface area contributed by atoms with Crippen LogP contribution in [0.5, 0.6) is 0 Å². The van der Waals surface area contributed by atoms with E-state index < -0.39 is 5.60 Å². The van der Waals surface area contributed by atoms with E-state index in [2.05, 4.69) is 28.9 Å². The van der Waals surface area contributed by atoms with E-state index in [9.17, 15) is 4.79 Å². The lowest BCUT2D eigenvalue weighted by Gasteiger charge is -2.50. The number of amides is 1. The van der Waals surface area contributed by atoms with Crippen LogP contribution in [0.25, 0.3) is 0 Å². The van der Waals surface area contributed by atoms with Crippen LogP contribution in [0, 0.1) is 5.41 Å². The Balaban J connectivity index is 1.54. The maximum Gasteiger partial charge on any atom is 0.230 e. The van der Waals surface area contributed by atoms with E-state index in [0.29, 0.717) is 19.1 Å². The van der Waals surface area contributed by atoms with Gasteiger partial charge in [0.15, 0.2) is 0 Å². The topological polar surface area (TPSA) is 32.8 Å². The van der Waals surface area contributed by atoms with Gasteiger partial charge in [0.05, 0.1) is 18.6 Å². The summed E-state index contributed by atoms with van der Waals surface area (Å²) in [6.45, 7) is 7.43. The molecule has 1 aromatic rings. The second-order valence-electron chi connectivity index (χ2n) is 7.94. The Morgan fingerprint density at radius 2 is 1.75 bits per heavy atom. The number of nitrogens with zero attached hydrogens (tertiary/aromatic N) is 2. The Morgan fingerprint density at radius 3 is 2.46 bits per heavy atom. The van der Waals surface area contributed by atoms with Gasteiger partial charge in [-0.2, -0.15) is 0 Å². The molecule has 3 fully saturated rings. The van der Waals surface area contributed by atoms with Gasteiger partial charge < -0.3 is 14.5 Å². The number of rotatable bonds is 2. The van der Waals surface area contributed by atoms with Gasteiger partial charge in [0.25, 0.3) is 0 Å². The number of hydrogen-bond donors (Lipinski definition) is 0. The standard InChI is InChI=1S/C20H28N2O2/c1-19(17-7-3-2-4-8-17)15-22(13-14-24-19)18(23)20-9-5-11-21(16-20)12-6-10-20/h2-4,7-8H,5-6,9-16H2,1H3. The molecule has 0 aromatic heterocycles. The van der Waals surface area contributed by atoms with Crippen molar-refractivity contribution in [2.24, 2.45) is 5.41 Å². The minimum absolute atomic E-state index is 0.133. The fourth-order valence-electron chi connectivity index (χ4n) is 4.89. The number of hydrogen-bond acceptors (Lipinski definition) is 3. The SMILES string of the molecule is CC1(c2ccccc2)CN(C(=O)C23CCCN(CCC2)C3)CCO1. The quantitative estimate of drug-likeness (QED) is 0.837. The average molecular weight is 328 g/mol. The Morgan fingerprint density at radius 1 is 1.04 bits per heavy atom. The van der Waals surface area contributed by atoms with Gasteiger partial charge in [-0.3, -0.25) is 4.79 Å². The number of carbonyl (C=O) groups excluding carboxylic acids is 1. The maximum atomic E-state index is 13.4. The van der Waals surface area contributed by atoms with Crippen molar-refractivity contribution in [1.82, 2.24) is 9.80 Å². The number of fused-ring (bicyclic) bond motifs is 2. The molecule has 1 amide bonds. The summed E-state index contributed by atoms with van der Waals surface area (Å²) in [6.07, 6.45) is 4.43. The molecular formula is C20H28N2O2. The Hall–Kier alpha value is -1.39. The predicted molar refractivity (Wildman–Crippen MR) is 93.7 cm³/mol. The summed E-state index contributed by atoms with van der Waals surface area (Å²) in [5, 5.41) is 0. The van der Waals surface area contributed by atoms with E-state index in [1.165, 1.54) is 13.1 Å². The van der Waals surface area contributed by atoms with Crippen LogP contribution in [0.2, 0.25) is 0 Å². The molecule has 130 valence electrons. The number of carbonyl (C=O) groups is 1. The number of benzene rings is 1. The van der Waals surface area contributed by atoms with Crippen LogP contribution >= 0.6 is 0 Å². The first kappa shape index (κ1) is 16.1. The van der Waals surface area contributed by atoms with E-state index in [1.54, 1.807) is 0 Å². The molecule has 4 rings (SSSR count). The molecule has 24 heavy (non-hydrogen) atoms. The minimum Gasteiger partial charge on any atom is -0.367 e. The maximum absolute atomic E-state index is 13.4. The molecule has 3 saturated heterocycles. The highest BCUT2D eigenvalue weighted by Gasteiger charge is 2.48. The second kappa shape index (κ2) is 6.16. The molecule has 3 heterocycles. The highest BCUT2D eigenvalue weighted by atomic mass is 16.5. The van der Waals surface area contributed by atoms with E-state index >= 15 is 0 Å². The Labute approximate surface area is 144 Å². The normalized spacial score (nSPS) is 36.4. The Kier molecular flexibility index (Phi) is 4.13. The second-order valence-corrected chi connectivity index (χ2v) is 7.94. The monoisotopic (exact) mass is 328 g/mol. The zero-order valence-corrected chi connectivity index (χ0v) is 14.7. The molecule has 0 saturated carbocycles. The molecule has 1 unspecified atom stereocenters. The van der Waals surface area contributed by atoms with Crippen molar-refractivity contribution in [3.8, 4) is 0 Å². The van der Waals surface area contributed by atoms with Gasteiger partial charge in [0.2, 0.25) is 5.91 Å². The highest BCUT2D eigenvalue weighted by molar-refractivity contribution is 5.83. The summed E-state index contributed by atoms with van der Waals surface area (Å²) in [5.41, 5.74) is 0.634. The minimum atomic E-state index is -0.394. The summed E-state index contributed by atoms with van der Waals surface area (Å²) in [4.78, 5) is 18.0. The molecule has 0 radical (unpaired) electrons. The summed E-state index contributed by atoms with van der Waals surface area (Å²) < 4.78 is 6.12. The first-order valence-electron chi connectivity index (χ1n) is 9.33. The van der Waals surface area contributed by atoms with Gasteiger partial charge in [0.1, 0.15) is 5.60 Å². The summed E-state index contributed by atoms with van der Waals surface area (Å²) >= 11 is 0. The summed E-state index contributed by atoms with van der Waals surface area (Å²) in [7, 11) is 0. The molecular weight excluding hydrogens is 300 g/mol. The van der Waals surface area contributed by atoms with Crippen LogP contribution in [0.3, 0.4) is 0 Å². The third kappa shape index (κ3) is 2.76. The van der Waals surface area contributed by atoms with Crippen molar-refractivity contribution in [1.29, 1.82) is 0 Å². The summed E-state index contributed by atoms with van der Waals surface area (Å²) in [5.74, 6) is 0.373. The number of ether oxygens (including phenoxy) is 1. The Bertz CT molecular complexity index is 593. The van der Waals surface area contributed by atoms with Gasteiger partial charge >= 0.3 is 0 Å². The van der Waals surface area contributed by atoms with Crippen molar-refractivity contribution in [3.05, 3.63) is 35.9 Å². The molecule has 3 aliphatic heterocycles. The molecule has 0 aliphatic carbocycles. The predicted octanol–water partition coefficient (Wildman–Crippen LogP) is 2.64. The fourth-order valence-corrected chi connectivity index (χ4v) is 4.89. The largest absolute Gasteiger partial charge is 0.367 e. The average Bonchev–Trinajstić information content (AvgIpc) is 2.62. The molecule has 1 atom stereocenters. The van der Waals surface area contributed by atoms with Gasteiger partial charge in [-0.1, -0.05) is 30.3 Å². The van der Waals surface area contributed by atoms with Gasteiger partial charge in [-0.15, -0.1) is 0 Å². The molecule has 1 aromatic carbocycles. The zero-order valence-electron chi connectivity index (χ0n) is 14.7. The van der Waals surface area contributed by atoms with Crippen molar-refractivity contribution in [2.45, 2.75) is 38.2 Å². The zero-order chi connectivity index (χ0) is 16.6. The highest BCUT2D eigenvalue weighted by Crippen LogP contribution is 2.41. The smallest absolute Gasteiger partial charge is 0.230 e. The lowest BCUT2D eigenvalue weighted by molar-refractivity contribution is -0.165. The third-order valence-electron chi connectivity index (χ3n) is 6.19. The number of piperidine rings is 2. The van der Waals surface area contributed by atoms with Crippen LogP contribution in [0.15, 0.2) is 30.3 Å². The lowest BCUT2D eigenvalue weighted by Crippen LogP contribution is -2.59. The lowest BCUT2D eigenvalue weighted by atomic mass is 9.72. The molecule has 3 aliphatic rings. The number of morpholine rings is 1. The van der Waals surface area contributed by atoms with Crippen LogP contribution < -0.4 is 0 Å². The van der Waals surface area contributed by atoms with Crippen molar-refractivity contribution in [3.63, 3.8) is 0 Å². The van der Waals surface area contributed by atoms with E-state index in [1.807, 2.05) is 18.2 Å². The van der Waals surface area contributed by atoms with Gasteiger partial charge in [0, 0.05) is 13.1 Å². The van der Waals surface area contributed by atoms with Crippen molar-refractivity contribution < 1.29 is 9.53 Å². The van der Waals surface area contributed by atoms with Crippen LogP contribution in [-0.2, 0) is 15.1 Å². The molecule has 4 heteroatoms. The summed E-state index contributed by atoms with van der Waals surface area (Å²) in [6, 6.07) is 10.3. The van der Waals surface area contributed by atoms with Gasteiger partial charge in [-0.25, -0.2) is 0 Å². The van der Waals surface area contributed by atoms with Crippen LogP contribution in [-0.4, -0.2) is 55.0 Å². The first-order chi connectivity index (χ1) is 11.6.